The van der Waals surface area contributed by atoms with E-state index in [9.17, 15) is 0 Å². The molecule has 0 spiro atoms. The van der Waals surface area contributed by atoms with Gasteiger partial charge in [0, 0.05) is 7.05 Å². The number of allylic oxidation sites excluding steroid dienone is 2. The Bertz CT molecular complexity index is 323. The maximum atomic E-state index is 5.59. The average molecular weight is 188 g/mol. The van der Waals surface area contributed by atoms with Gasteiger partial charge >= 0.3 is 0 Å². The van der Waals surface area contributed by atoms with Crippen LogP contribution in [-0.2, 0) is 6.42 Å². The summed E-state index contributed by atoms with van der Waals surface area (Å²) in [6.45, 7) is 7.55. The van der Waals surface area contributed by atoms with Crippen LogP contribution in [0.3, 0.4) is 0 Å². The smallest absolute Gasteiger partial charge is 0.0514 e. The largest absolute Gasteiger partial charge is 0.314 e. The van der Waals surface area contributed by atoms with Crippen LogP contribution >= 0.6 is 0 Å². The minimum absolute atomic E-state index is 0.845. The van der Waals surface area contributed by atoms with Crippen molar-refractivity contribution in [3.8, 4) is 0 Å². The lowest BCUT2D eigenvalue weighted by atomic mass is 10.1. The van der Waals surface area contributed by atoms with Crippen molar-refractivity contribution in [1.29, 1.82) is 0 Å². The first-order valence-corrected chi connectivity index (χ1v) is 4.51. The van der Waals surface area contributed by atoms with Crippen molar-refractivity contribution in [1.82, 2.24) is 0 Å². The highest BCUT2D eigenvalue weighted by atomic mass is 15.4. The molecule has 0 aromatic heterocycles. The number of hydrogen-bond donors (Lipinski definition) is 1. The van der Waals surface area contributed by atoms with Gasteiger partial charge in [-0.25, -0.2) is 5.84 Å². The average Bonchev–Trinajstić information content (AvgIpc) is 2.18. The number of nitrogens with zero attached hydrogens (tertiary/aromatic N) is 1. The lowest BCUT2D eigenvalue weighted by molar-refractivity contribution is 1.02. The minimum atomic E-state index is 0.845. The summed E-state index contributed by atoms with van der Waals surface area (Å²) in [6.07, 6.45) is 2.63. The Morgan fingerprint density at radius 2 is 2.00 bits per heavy atom. The SMILES string of the molecule is C=CC(=C)Cc1ccc(N(C)N)cc1. The zero-order chi connectivity index (χ0) is 10.6. The Morgan fingerprint density at radius 3 is 2.43 bits per heavy atom. The van der Waals surface area contributed by atoms with Gasteiger partial charge in [0.25, 0.3) is 0 Å². The molecule has 2 nitrogen and oxygen atoms in total. The van der Waals surface area contributed by atoms with E-state index >= 15 is 0 Å². The quantitative estimate of drug-likeness (QED) is 0.446. The van der Waals surface area contributed by atoms with Crippen molar-refractivity contribution in [3.05, 3.63) is 54.6 Å². The second kappa shape index (κ2) is 4.63. The van der Waals surface area contributed by atoms with Crippen LogP contribution in [0.1, 0.15) is 5.56 Å². The van der Waals surface area contributed by atoms with Crippen molar-refractivity contribution in [2.45, 2.75) is 6.42 Å². The van der Waals surface area contributed by atoms with Crippen LogP contribution in [0.15, 0.2) is 49.1 Å². The van der Waals surface area contributed by atoms with Crippen LogP contribution in [0.25, 0.3) is 0 Å². The van der Waals surface area contributed by atoms with Crippen molar-refractivity contribution in [2.75, 3.05) is 12.1 Å². The van der Waals surface area contributed by atoms with E-state index in [4.69, 9.17) is 5.84 Å². The molecular formula is C12H16N2. The molecular weight excluding hydrogens is 172 g/mol. The van der Waals surface area contributed by atoms with Gasteiger partial charge in [-0.1, -0.05) is 36.9 Å². The van der Waals surface area contributed by atoms with E-state index in [0.717, 1.165) is 17.7 Å². The maximum absolute atomic E-state index is 5.59. The number of nitrogens with two attached hydrogens (primary N) is 1. The molecule has 1 aromatic carbocycles. The molecule has 0 aliphatic rings. The molecule has 1 aromatic rings. The van der Waals surface area contributed by atoms with Gasteiger partial charge in [0.2, 0.25) is 0 Å². The molecule has 0 aliphatic heterocycles. The third-order valence-corrected chi connectivity index (χ3v) is 2.06. The Labute approximate surface area is 85.3 Å². The van der Waals surface area contributed by atoms with Gasteiger partial charge in [-0.05, 0) is 24.1 Å². The Morgan fingerprint density at radius 1 is 1.43 bits per heavy atom. The van der Waals surface area contributed by atoms with Gasteiger partial charge < -0.3 is 5.01 Å². The van der Waals surface area contributed by atoms with Crippen LogP contribution < -0.4 is 10.9 Å². The minimum Gasteiger partial charge on any atom is -0.314 e. The van der Waals surface area contributed by atoms with E-state index in [1.54, 1.807) is 11.1 Å². The lowest BCUT2D eigenvalue weighted by Crippen LogP contribution is -2.24. The van der Waals surface area contributed by atoms with Crippen LogP contribution in [-0.4, -0.2) is 7.05 Å². The van der Waals surface area contributed by atoms with Gasteiger partial charge in [0.05, 0.1) is 5.69 Å². The molecule has 1 rings (SSSR count). The zero-order valence-electron chi connectivity index (χ0n) is 8.53. The monoisotopic (exact) mass is 188 g/mol. The highest BCUT2D eigenvalue weighted by molar-refractivity contribution is 5.46. The number of anilines is 1. The normalized spacial score (nSPS) is 9.57. The topological polar surface area (TPSA) is 29.3 Å². The Hall–Kier alpha value is -1.54. The van der Waals surface area contributed by atoms with Crippen molar-refractivity contribution < 1.29 is 0 Å². The molecule has 2 N–H and O–H groups in total. The third-order valence-electron chi connectivity index (χ3n) is 2.06. The number of hydrogen-bond acceptors (Lipinski definition) is 2. The van der Waals surface area contributed by atoms with Gasteiger partial charge in [-0.2, -0.15) is 0 Å². The van der Waals surface area contributed by atoms with Crippen molar-refractivity contribution >= 4 is 5.69 Å². The number of hydrazine groups is 1. The van der Waals surface area contributed by atoms with Gasteiger partial charge in [-0.15, -0.1) is 0 Å². The fourth-order valence-corrected chi connectivity index (χ4v) is 1.18. The summed E-state index contributed by atoms with van der Waals surface area (Å²) in [6, 6.07) is 8.08. The highest BCUT2D eigenvalue weighted by Gasteiger charge is 1.96. The number of benzene rings is 1. The molecule has 0 aliphatic carbocycles. The predicted molar refractivity (Wildman–Crippen MR) is 62.1 cm³/mol. The van der Waals surface area contributed by atoms with E-state index in [1.165, 1.54) is 5.56 Å². The van der Waals surface area contributed by atoms with E-state index < -0.39 is 0 Å². The summed E-state index contributed by atoms with van der Waals surface area (Å²) in [7, 11) is 1.82. The van der Waals surface area contributed by atoms with Crippen LogP contribution in [0.4, 0.5) is 5.69 Å². The van der Waals surface area contributed by atoms with E-state index in [1.807, 2.05) is 31.3 Å². The molecule has 2 heteroatoms. The molecule has 0 fully saturated rings. The van der Waals surface area contributed by atoms with Gasteiger partial charge in [0.15, 0.2) is 0 Å². The van der Waals surface area contributed by atoms with Crippen molar-refractivity contribution in [3.63, 3.8) is 0 Å². The van der Waals surface area contributed by atoms with E-state index in [0.29, 0.717) is 0 Å². The molecule has 0 bridgehead atoms. The molecule has 74 valence electrons. The molecule has 0 saturated heterocycles. The standard InChI is InChI=1S/C12H16N2/c1-4-10(2)9-11-5-7-12(8-6-11)14(3)13/h4-8H,1-2,9,13H2,3H3. The lowest BCUT2D eigenvalue weighted by Gasteiger charge is -2.12. The molecule has 14 heavy (non-hydrogen) atoms. The van der Waals surface area contributed by atoms with Crippen molar-refractivity contribution in [2.24, 2.45) is 5.84 Å². The van der Waals surface area contributed by atoms with Crippen LogP contribution in [0.2, 0.25) is 0 Å². The molecule has 0 amide bonds. The summed E-state index contributed by atoms with van der Waals surface area (Å²) in [5.74, 6) is 5.59. The molecule has 0 saturated carbocycles. The Balaban J connectivity index is 2.73. The highest BCUT2D eigenvalue weighted by Crippen LogP contribution is 2.13. The summed E-state index contributed by atoms with van der Waals surface area (Å²) in [5.41, 5.74) is 3.25. The second-order valence-electron chi connectivity index (χ2n) is 3.32. The molecule has 0 radical (unpaired) electrons. The molecule has 0 atom stereocenters. The predicted octanol–water partition coefficient (Wildman–Crippen LogP) is 2.28. The molecule has 0 unspecified atom stereocenters. The zero-order valence-corrected chi connectivity index (χ0v) is 8.53. The fourth-order valence-electron chi connectivity index (χ4n) is 1.18. The summed E-state index contributed by atoms with van der Waals surface area (Å²) >= 11 is 0. The first-order chi connectivity index (χ1) is 6.63. The van der Waals surface area contributed by atoms with E-state index in [2.05, 4.69) is 13.2 Å². The van der Waals surface area contributed by atoms with Gasteiger partial charge in [-0.3, -0.25) is 0 Å². The summed E-state index contributed by atoms with van der Waals surface area (Å²) in [4.78, 5) is 0. The molecule has 0 heterocycles. The summed E-state index contributed by atoms with van der Waals surface area (Å²) in [5, 5.41) is 1.59. The van der Waals surface area contributed by atoms with E-state index in [-0.39, 0.29) is 0 Å². The second-order valence-corrected chi connectivity index (χ2v) is 3.32. The summed E-state index contributed by atoms with van der Waals surface area (Å²) < 4.78 is 0. The fraction of sp³-hybridized carbons (Fsp3) is 0.167. The maximum Gasteiger partial charge on any atom is 0.0514 e. The van der Waals surface area contributed by atoms with Crippen LogP contribution in [0, 0.1) is 0 Å². The van der Waals surface area contributed by atoms with Crippen LogP contribution in [0.5, 0.6) is 0 Å². The van der Waals surface area contributed by atoms with Gasteiger partial charge in [0.1, 0.15) is 0 Å². The Kier molecular flexibility index (Phi) is 3.48. The third kappa shape index (κ3) is 2.75. The first kappa shape index (κ1) is 10.5. The first-order valence-electron chi connectivity index (χ1n) is 4.51. The number of rotatable bonds is 4.